The molecule has 1 aliphatic carbocycles. The van der Waals surface area contributed by atoms with Crippen molar-refractivity contribution in [2.45, 2.75) is 52.1 Å². The first-order valence-corrected chi connectivity index (χ1v) is 6.59. The zero-order valence-electron chi connectivity index (χ0n) is 11.6. The third-order valence-corrected chi connectivity index (χ3v) is 4.01. The van der Waals surface area contributed by atoms with E-state index in [2.05, 4.69) is 19.2 Å². The molecule has 0 saturated heterocycles. The van der Waals surface area contributed by atoms with Gasteiger partial charge in [0.2, 0.25) is 0 Å². The predicted molar refractivity (Wildman–Crippen MR) is 69.4 cm³/mol. The molecule has 2 N–H and O–H groups in total. The van der Waals surface area contributed by atoms with E-state index in [-0.39, 0.29) is 24.0 Å². The maximum atomic E-state index is 12.0. The highest BCUT2D eigenvalue weighted by Gasteiger charge is 2.31. The summed E-state index contributed by atoms with van der Waals surface area (Å²) in [5.41, 5.74) is 0. The van der Waals surface area contributed by atoms with Crippen molar-refractivity contribution in [1.29, 1.82) is 0 Å². The second-order valence-electron chi connectivity index (χ2n) is 5.59. The average molecular weight is 256 g/mol. The van der Waals surface area contributed by atoms with E-state index in [1.165, 1.54) is 0 Å². The van der Waals surface area contributed by atoms with Crippen LogP contribution in [0.3, 0.4) is 0 Å². The number of hydrogen-bond acceptors (Lipinski definition) is 2. The zero-order chi connectivity index (χ0) is 13.9. The summed E-state index contributed by atoms with van der Waals surface area (Å²) in [5.74, 6) is -0.658. The second-order valence-corrected chi connectivity index (χ2v) is 5.59. The van der Waals surface area contributed by atoms with Crippen LogP contribution in [-0.2, 0) is 4.79 Å². The van der Waals surface area contributed by atoms with Crippen LogP contribution in [0.15, 0.2) is 0 Å². The standard InChI is InChI=1S/C13H24N2O3/c1-8(2)9(3)15(4)13(18)14-11-6-5-10(7-11)12(16)17/h8-11H,5-7H2,1-4H3,(H,14,18)(H,16,17). The first kappa shape index (κ1) is 14.8. The van der Waals surface area contributed by atoms with Gasteiger partial charge in [0.25, 0.3) is 0 Å². The highest BCUT2D eigenvalue weighted by molar-refractivity contribution is 5.75. The summed E-state index contributed by atoms with van der Waals surface area (Å²) in [6.07, 6.45) is 1.96. The number of rotatable bonds is 4. The molecule has 1 rings (SSSR count). The van der Waals surface area contributed by atoms with Crippen LogP contribution in [0.5, 0.6) is 0 Å². The van der Waals surface area contributed by atoms with Gasteiger partial charge in [-0.15, -0.1) is 0 Å². The summed E-state index contributed by atoms with van der Waals surface area (Å²) in [6, 6.07) is 0.0642. The van der Waals surface area contributed by atoms with Gasteiger partial charge >= 0.3 is 12.0 Å². The van der Waals surface area contributed by atoms with Crippen LogP contribution in [0.4, 0.5) is 4.79 Å². The molecule has 104 valence electrons. The third kappa shape index (κ3) is 3.62. The molecule has 0 radical (unpaired) electrons. The topological polar surface area (TPSA) is 69.6 Å². The average Bonchev–Trinajstić information content (AvgIpc) is 2.75. The molecule has 1 aliphatic rings. The lowest BCUT2D eigenvalue weighted by molar-refractivity contribution is -0.141. The molecule has 1 saturated carbocycles. The molecule has 0 aliphatic heterocycles. The monoisotopic (exact) mass is 256 g/mol. The molecule has 0 aromatic carbocycles. The highest BCUT2D eigenvalue weighted by Crippen LogP contribution is 2.25. The molecule has 0 heterocycles. The Morgan fingerprint density at radius 2 is 1.89 bits per heavy atom. The molecule has 1 fully saturated rings. The van der Waals surface area contributed by atoms with Gasteiger partial charge in [-0.2, -0.15) is 0 Å². The Kier molecular flexibility index (Phi) is 4.99. The van der Waals surface area contributed by atoms with Crippen LogP contribution in [0.2, 0.25) is 0 Å². The Morgan fingerprint density at radius 3 is 2.33 bits per heavy atom. The third-order valence-electron chi connectivity index (χ3n) is 4.01. The molecular weight excluding hydrogens is 232 g/mol. The fourth-order valence-corrected chi connectivity index (χ4v) is 2.25. The number of nitrogens with one attached hydrogen (secondary N) is 1. The molecule has 3 atom stereocenters. The Labute approximate surface area is 109 Å². The van der Waals surface area contributed by atoms with Crippen molar-refractivity contribution in [1.82, 2.24) is 10.2 Å². The lowest BCUT2D eigenvalue weighted by Gasteiger charge is -2.29. The summed E-state index contributed by atoms with van der Waals surface area (Å²) in [7, 11) is 1.78. The van der Waals surface area contributed by atoms with Gasteiger partial charge in [0.05, 0.1) is 5.92 Å². The predicted octanol–water partition coefficient (Wildman–Crippen LogP) is 1.93. The van der Waals surface area contributed by atoms with Gasteiger partial charge in [0.15, 0.2) is 0 Å². The fraction of sp³-hybridized carbons (Fsp3) is 0.846. The lowest BCUT2D eigenvalue weighted by atomic mass is 10.1. The van der Waals surface area contributed by atoms with Gasteiger partial charge in [-0.1, -0.05) is 13.8 Å². The highest BCUT2D eigenvalue weighted by atomic mass is 16.4. The van der Waals surface area contributed by atoms with Gasteiger partial charge in [-0.25, -0.2) is 4.79 Å². The Balaban J connectivity index is 2.44. The number of carboxylic acids is 1. The number of aliphatic carboxylic acids is 1. The van der Waals surface area contributed by atoms with Crippen LogP contribution in [0, 0.1) is 11.8 Å². The van der Waals surface area contributed by atoms with Crippen LogP contribution < -0.4 is 5.32 Å². The molecule has 0 aromatic heterocycles. The van der Waals surface area contributed by atoms with Crippen molar-refractivity contribution < 1.29 is 14.7 Å². The van der Waals surface area contributed by atoms with Crippen LogP contribution in [0.25, 0.3) is 0 Å². The molecule has 3 unspecified atom stereocenters. The Morgan fingerprint density at radius 1 is 1.28 bits per heavy atom. The van der Waals surface area contributed by atoms with Gasteiger partial charge in [-0.3, -0.25) is 4.79 Å². The second kappa shape index (κ2) is 6.07. The minimum Gasteiger partial charge on any atom is -0.481 e. The SMILES string of the molecule is CC(C)C(C)N(C)C(=O)NC1CCC(C(=O)O)C1. The first-order chi connectivity index (χ1) is 8.32. The number of amides is 2. The minimum atomic E-state index is -0.754. The van der Waals surface area contributed by atoms with Gasteiger partial charge in [0, 0.05) is 19.1 Å². The Hall–Kier alpha value is -1.26. The molecule has 5 heteroatoms. The molecule has 0 bridgehead atoms. The van der Waals surface area contributed by atoms with E-state index >= 15 is 0 Å². The normalized spacial score (nSPS) is 24.9. The van der Waals surface area contributed by atoms with Crippen molar-refractivity contribution in [3.8, 4) is 0 Å². The quantitative estimate of drug-likeness (QED) is 0.807. The minimum absolute atomic E-state index is 0.000382. The largest absolute Gasteiger partial charge is 0.481 e. The number of carboxylic acid groups (broad SMARTS) is 1. The maximum absolute atomic E-state index is 12.0. The van der Waals surface area contributed by atoms with Gasteiger partial charge in [0.1, 0.15) is 0 Å². The van der Waals surface area contributed by atoms with Crippen molar-refractivity contribution in [2.24, 2.45) is 11.8 Å². The summed E-state index contributed by atoms with van der Waals surface area (Å²) in [4.78, 5) is 24.5. The van der Waals surface area contributed by atoms with Crippen molar-refractivity contribution in [3.05, 3.63) is 0 Å². The van der Waals surface area contributed by atoms with Crippen molar-refractivity contribution in [3.63, 3.8) is 0 Å². The lowest BCUT2D eigenvalue weighted by Crippen LogP contribution is -2.47. The van der Waals surface area contributed by atoms with E-state index in [0.717, 1.165) is 6.42 Å². The molecule has 0 aromatic rings. The molecular formula is C13H24N2O3. The van der Waals surface area contributed by atoms with E-state index in [1.807, 2.05) is 6.92 Å². The maximum Gasteiger partial charge on any atom is 0.317 e. The van der Waals surface area contributed by atoms with E-state index in [1.54, 1.807) is 11.9 Å². The van der Waals surface area contributed by atoms with Crippen molar-refractivity contribution in [2.75, 3.05) is 7.05 Å². The summed E-state index contributed by atoms with van der Waals surface area (Å²) in [5, 5.41) is 11.8. The van der Waals surface area contributed by atoms with Gasteiger partial charge in [-0.05, 0) is 32.1 Å². The van der Waals surface area contributed by atoms with Crippen LogP contribution >= 0.6 is 0 Å². The number of hydrogen-bond donors (Lipinski definition) is 2. The summed E-state index contributed by atoms with van der Waals surface area (Å²) >= 11 is 0. The molecule has 18 heavy (non-hydrogen) atoms. The van der Waals surface area contributed by atoms with Gasteiger partial charge < -0.3 is 15.3 Å². The smallest absolute Gasteiger partial charge is 0.317 e. The van der Waals surface area contributed by atoms with E-state index < -0.39 is 5.97 Å². The summed E-state index contributed by atoms with van der Waals surface area (Å²) < 4.78 is 0. The molecule has 0 spiro atoms. The summed E-state index contributed by atoms with van der Waals surface area (Å²) in [6.45, 7) is 6.16. The fourth-order valence-electron chi connectivity index (χ4n) is 2.25. The first-order valence-electron chi connectivity index (χ1n) is 6.59. The Bertz CT molecular complexity index is 317. The number of carbonyl (C=O) groups excluding carboxylic acids is 1. The van der Waals surface area contributed by atoms with E-state index in [4.69, 9.17) is 5.11 Å². The van der Waals surface area contributed by atoms with Crippen LogP contribution in [-0.4, -0.2) is 41.1 Å². The number of nitrogens with zero attached hydrogens (tertiary/aromatic N) is 1. The zero-order valence-corrected chi connectivity index (χ0v) is 11.6. The van der Waals surface area contributed by atoms with Crippen molar-refractivity contribution >= 4 is 12.0 Å². The molecule has 5 nitrogen and oxygen atoms in total. The van der Waals surface area contributed by atoms with E-state index in [0.29, 0.717) is 18.8 Å². The number of carbonyl (C=O) groups is 2. The number of urea groups is 1. The van der Waals surface area contributed by atoms with Crippen LogP contribution in [0.1, 0.15) is 40.0 Å². The van der Waals surface area contributed by atoms with E-state index in [9.17, 15) is 9.59 Å². The molecule has 2 amide bonds.